The number of nitrogens with one attached hydrogen (secondary N) is 1. The Morgan fingerprint density at radius 2 is 2.30 bits per heavy atom. The van der Waals surface area contributed by atoms with E-state index in [1.54, 1.807) is 0 Å². The molecule has 1 aliphatic heterocycles. The van der Waals surface area contributed by atoms with Crippen LogP contribution in [-0.2, 0) is 11.3 Å². The standard InChI is InChI=1S/C16H26N2OS/c1-13(2)18-7-8-19-15(11-18)12-20-16-6-4-5-14(9-16)10-17-3/h4-6,9,13,15,17H,7-8,10-12H2,1-3H3. The molecular formula is C16H26N2OS. The highest BCUT2D eigenvalue weighted by Gasteiger charge is 2.22. The Kier molecular flexibility index (Phi) is 6.36. The molecule has 112 valence electrons. The van der Waals surface area contributed by atoms with Crippen LogP contribution in [0.4, 0.5) is 0 Å². The van der Waals surface area contributed by atoms with E-state index >= 15 is 0 Å². The number of hydrogen-bond donors (Lipinski definition) is 1. The average molecular weight is 294 g/mol. The van der Waals surface area contributed by atoms with E-state index in [0.717, 1.165) is 32.0 Å². The van der Waals surface area contributed by atoms with Gasteiger partial charge >= 0.3 is 0 Å². The van der Waals surface area contributed by atoms with Crippen LogP contribution in [0.2, 0.25) is 0 Å². The van der Waals surface area contributed by atoms with Gasteiger partial charge in [-0.25, -0.2) is 0 Å². The summed E-state index contributed by atoms with van der Waals surface area (Å²) in [4.78, 5) is 3.84. The third-order valence-electron chi connectivity index (χ3n) is 3.62. The second-order valence-electron chi connectivity index (χ2n) is 5.57. The minimum atomic E-state index is 0.351. The molecule has 0 amide bonds. The quantitative estimate of drug-likeness (QED) is 0.815. The summed E-state index contributed by atoms with van der Waals surface area (Å²) < 4.78 is 5.88. The minimum Gasteiger partial charge on any atom is -0.375 e. The lowest BCUT2D eigenvalue weighted by molar-refractivity contribution is -0.0265. The fourth-order valence-electron chi connectivity index (χ4n) is 2.45. The molecule has 0 bridgehead atoms. The highest BCUT2D eigenvalue weighted by molar-refractivity contribution is 7.99. The van der Waals surface area contributed by atoms with Crippen molar-refractivity contribution in [2.24, 2.45) is 0 Å². The molecule has 1 atom stereocenters. The van der Waals surface area contributed by atoms with Gasteiger partial charge in [-0.05, 0) is 38.6 Å². The number of nitrogens with zero attached hydrogens (tertiary/aromatic N) is 1. The van der Waals surface area contributed by atoms with Crippen molar-refractivity contribution in [1.29, 1.82) is 0 Å². The first kappa shape index (κ1) is 15.8. The van der Waals surface area contributed by atoms with Crippen LogP contribution in [0, 0.1) is 0 Å². The lowest BCUT2D eigenvalue weighted by Crippen LogP contribution is -2.46. The van der Waals surface area contributed by atoms with Crippen LogP contribution >= 0.6 is 11.8 Å². The van der Waals surface area contributed by atoms with Crippen molar-refractivity contribution in [2.45, 2.75) is 37.4 Å². The van der Waals surface area contributed by atoms with Gasteiger partial charge in [0.15, 0.2) is 0 Å². The van der Waals surface area contributed by atoms with Crippen molar-refractivity contribution in [3.63, 3.8) is 0 Å². The third-order valence-corrected chi connectivity index (χ3v) is 4.74. The smallest absolute Gasteiger partial charge is 0.0796 e. The molecule has 1 N–H and O–H groups in total. The Bertz CT molecular complexity index is 411. The van der Waals surface area contributed by atoms with Crippen molar-refractivity contribution in [2.75, 3.05) is 32.5 Å². The molecule has 1 aromatic rings. The molecule has 1 fully saturated rings. The number of rotatable bonds is 6. The Balaban J connectivity index is 1.83. The molecule has 0 aliphatic carbocycles. The highest BCUT2D eigenvalue weighted by atomic mass is 32.2. The van der Waals surface area contributed by atoms with Crippen molar-refractivity contribution in [1.82, 2.24) is 10.2 Å². The molecule has 1 aromatic carbocycles. The Labute approximate surface area is 127 Å². The van der Waals surface area contributed by atoms with Crippen molar-refractivity contribution in [3.8, 4) is 0 Å². The van der Waals surface area contributed by atoms with Crippen LogP contribution in [0.25, 0.3) is 0 Å². The number of benzene rings is 1. The van der Waals surface area contributed by atoms with E-state index in [-0.39, 0.29) is 0 Å². The molecule has 0 aromatic heterocycles. The van der Waals surface area contributed by atoms with Gasteiger partial charge in [-0.1, -0.05) is 12.1 Å². The molecule has 0 spiro atoms. The number of thioether (sulfide) groups is 1. The molecular weight excluding hydrogens is 268 g/mol. The van der Waals surface area contributed by atoms with Gasteiger partial charge < -0.3 is 10.1 Å². The van der Waals surface area contributed by atoms with Gasteiger partial charge in [0.25, 0.3) is 0 Å². The fraction of sp³-hybridized carbons (Fsp3) is 0.625. The summed E-state index contributed by atoms with van der Waals surface area (Å²) in [5.74, 6) is 1.03. The van der Waals surface area contributed by atoms with Crippen LogP contribution < -0.4 is 5.32 Å². The first-order valence-electron chi connectivity index (χ1n) is 7.41. The monoisotopic (exact) mass is 294 g/mol. The summed E-state index contributed by atoms with van der Waals surface area (Å²) >= 11 is 1.90. The van der Waals surface area contributed by atoms with Crippen molar-refractivity contribution < 1.29 is 4.74 Å². The van der Waals surface area contributed by atoms with E-state index in [4.69, 9.17) is 4.74 Å². The SMILES string of the molecule is CNCc1cccc(SCC2CN(C(C)C)CCO2)c1. The molecule has 2 rings (SSSR count). The van der Waals surface area contributed by atoms with E-state index in [1.165, 1.54) is 10.5 Å². The summed E-state index contributed by atoms with van der Waals surface area (Å²) in [5, 5.41) is 3.19. The number of morpholine rings is 1. The predicted octanol–water partition coefficient (Wildman–Crippen LogP) is 2.61. The maximum absolute atomic E-state index is 5.88. The Morgan fingerprint density at radius 3 is 3.05 bits per heavy atom. The number of hydrogen-bond acceptors (Lipinski definition) is 4. The largest absolute Gasteiger partial charge is 0.375 e. The maximum Gasteiger partial charge on any atom is 0.0796 e. The van der Waals surface area contributed by atoms with E-state index in [1.807, 2.05) is 18.8 Å². The molecule has 0 saturated carbocycles. The van der Waals surface area contributed by atoms with Gasteiger partial charge in [0.2, 0.25) is 0 Å². The van der Waals surface area contributed by atoms with Gasteiger partial charge in [-0.2, -0.15) is 0 Å². The predicted molar refractivity (Wildman–Crippen MR) is 86.4 cm³/mol. The lowest BCUT2D eigenvalue weighted by atomic mass is 10.2. The van der Waals surface area contributed by atoms with Crippen molar-refractivity contribution in [3.05, 3.63) is 29.8 Å². The van der Waals surface area contributed by atoms with Gasteiger partial charge in [0.05, 0.1) is 12.7 Å². The van der Waals surface area contributed by atoms with Gasteiger partial charge in [-0.3, -0.25) is 4.90 Å². The second-order valence-corrected chi connectivity index (χ2v) is 6.66. The Morgan fingerprint density at radius 1 is 1.45 bits per heavy atom. The maximum atomic E-state index is 5.88. The Hall–Kier alpha value is -0.550. The van der Waals surface area contributed by atoms with Gasteiger partial charge in [0.1, 0.15) is 0 Å². The molecule has 4 heteroatoms. The van der Waals surface area contributed by atoms with E-state index in [2.05, 4.69) is 48.3 Å². The van der Waals surface area contributed by atoms with E-state index in [9.17, 15) is 0 Å². The summed E-state index contributed by atoms with van der Waals surface area (Å²) in [6, 6.07) is 9.37. The van der Waals surface area contributed by atoms with Crippen molar-refractivity contribution >= 4 is 11.8 Å². The first-order valence-corrected chi connectivity index (χ1v) is 8.39. The summed E-state index contributed by atoms with van der Waals surface area (Å²) in [7, 11) is 1.98. The van der Waals surface area contributed by atoms with Crippen LogP contribution in [0.1, 0.15) is 19.4 Å². The fourth-order valence-corrected chi connectivity index (χ4v) is 3.44. The van der Waals surface area contributed by atoms with Crippen LogP contribution in [-0.4, -0.2) is 49.5 Å². The molecule has 1 saturated heterocycles. The summed E-state index contributed by atoms with van der Waals surface area (Å²) in [6.07, 6.45) is 0.351. The zero-order chi connectivity index (χ0) is 14.4. The van der Waals surface area contributed by atoms with E-state index < -0.39 is 0 Å². The van der Waals surface area contributed by atoms with Crippen LogP contribution in [0.3, 0.4) is 0 Å². The minimum absolute atomic E-state index is 0.351. The number of ether oxygens (including phenoxy) is 1. The van der Waals surface area contributed by atoms with Gasteiger partial charge in [0, 0.05) is 36.3 Å². The normalized spacial score (nSPS) is 20.5. The van der Waals surface area contributed by atoms with Crippen LogP contribution in [0.5, 0.6) is 0 Å². The first-order chi connectivity index (χ1) is 9.69. The molecule has 1 unspecified atom stereocenters. The zero-order valence-corrected chi connectivity index (χ0v) is 13.6. The second kappa shape index (κ2) is 8.03. The lowest BCUT2D eigenvalue weighted by Gasteiger charge is -2.35. The molecule has 20 heavy (non-hydrogen) atoms. The van der Waals surface area contributed by atoms with E-state index in [0.29, 0.717) is 12.1 Å². The molecule has 0 radical (unpaired) electrons. The average Bonchev–Trinajstić information content (AvgIpc) is 2.46. The highest BCUT2D eigenvalue weighted by Crippen LogP contribution is 2.22. The molecule has 3 nitrogen and oxygen atoms in total. The third kappa shape index (κ3) is 4.77. The topological polar surface area (TPSA) is 24.5 Å². The summed E-state index contributed by atoms with van der Waals surface area (Å²) in [6.45, 7) is 8.43. The van der Waals surface area contributed by atoms with Gasteiger partial charge in [-0.15, -0.1) is 11.8 Å². The zero-order valence-electron chi connectivity index (χ0n) is 12.8. The van der Waals surface area contributed by atoms with Crippen LogP contribution in [0.15, 0.2) is 29.2 Å². The summed E-state index contributed by atoms with van der Waals surface area (Å²) in [5.41, 5.74) is 1.34. The molecule has 1 heterocycles. The molecule has 1 aliphatic rings.